The smallest absolute Gasteiger partial charge is 0.231 e. The van der Waals surface area contributed by atoms with Crippen LogP contribution in [0.3, 0.4) is 0 Å². The Balaban J connectivity index is 0.00000289. The molecule has 2 N–H and O–H groups in total. The zero-order valence-electron chi connectivity index (χ0n) is 18.4. The number of rotatable bonds is 7. The number of benzene rings is 2. The number of aryl methyl sites for hydroxylation is 2. The normalized spacial score (nSPS) is 12.3. The molecule has 0 saturated heterocycles. The van der Waals surface area contributed by atoms with Crippen molar-refractivity contribution in [3.8, 4) is 22.9 Å². The van der Waals surface area contributed by atoms with Crippen LogP contribution in [-0.2, 0) is 6.54 Å². The van der Waals surface area contributed by atoms with Gasteiger partial charge in [0.2, 0.25) is 6.79 Å². The number of para-hydroxylation sites is 1. The van der Waals surface area contributed by atoms with Crippen molar-refractivity contribution in [1.29, 1.82) is 0 Å². The van der Waals surface area contributed by atoms with Gasteiger partial charge in [-0.15, -0.1) is 24.0 Å². The van der Waals surface area contributed by atoms with Crippen LogP contribution >= 0.6 is 24.0 Å². The summed E-state index contributed by atoms with van der Waals surface area (Å²) in [5.41, 5.74) is 4.30. The Bertz CT molecular complexity index is 1080. The van der Waals surface area contributed by atoms with Crippen LogP contribution in [0.4, 0.5) is 0 Å². The van der Waals surface area contributed by atoms with Crippen molar-refractivity contribution >= 4 is 29.9 Å². The Morgan fingerprint density at radius 2 is 1.91 bits per heavy atom. The molecular formula is C23H28IN5O3. The Morgan fingerprint density at radius 1 is 1.09 bits per heavy atom. The predicted molar refractivity (Wildman–Crippen MR) is 135 cm³/mol. The van der Waals surface area contributed by atoms with E-state index in [1.807, 2.05) is 41.9 Å². The van der Waals surface area contributed by atoms with Crippen LogP contribution in [0.1, 0.15) is 17.0 Å². The maximum absolute atomic E-state index is 5.79. The molecule has 0 saturated carbocycles. The first-order valence-electron chi connectivity index (χ1n) is 10.2. The molecule has 170 valence electrons. The lowest BCUT2D eigenvalue weighted by Crippen LogP contribution is -2.39. The molecule has 2 aromatic carbocycles. The number of aromatic nitrogens is 2. The van der Waals surface area contributed by atoms with Crippen LogP contribution in [0, 0.1) is 13.8 Å². The maximum atomic E-state index is 5.79. The Hall–Kier alpha value is -2.95. The lowest BCUT2D eigenvalue weighted by atomic mass is 10.1. The first kappa shape index (κ1) is 23.7. The van der Waals surface area contributed by atoms with Crippen molar-refractivity contribution in [3.05, 3.63) is 65.5 Å². The largest absolute Gasteiger partial charge is 0.492 e. The fourth-order valence-electron chi connectivity index (χ4n) is 3.44. The van der Waals surface area contributed by atoms with Crippen molar-refractivity contribution < 1.29 is 14.2 Å². The Labute approximate surface area is 205 Å². The van der Waals surface area contributed by atoms with Gasteiger partial charge >= 0.3 is 0 Å². The van der Waals surface area contributed by atoms with Gasteiger partial charge in [-0.3, -0.25) is 4.99 Å². The second kappa shape index (κ2) is 11.1. The summed E-state index contributed by atoms with van der Waals surface area (Å²) in [5.74, 6) is 2.91. The van der Waals surface area contributed by atoms with Crippen molar-refractivity contribution in [2.24, 2.45) is 4.99 Å². The molecule has 9 heteroatoms. The zero-order chi connectivity index (χ0) is 21.6. The van der Waals surface area contributed by atoms with E-state index in [-0.39, 0.29) is 30.8 Å². The topological polar surface area (TPSA) is 81.9 Å². The molecule has 1 aromatic heterocycles. The lowest BCUT2D eigenvalue weighted by Gasteiger charge is -2.15. The number of hydrogen-bond donors (Lipinski definition) is 2. The number of nitrogens with one attached hydrogen (secondary N) is 2. The SMILES string of the molecule is CN=C(NCCOc1ccc2c(c1)OCO2)NCc1ccccc1-n1nc(C)cc1C.I. The predicted octanol–water partition coefficient (Wildman–Crippen LogP) is 3.58. The fraction of sp³-hybridized carbons (Fsp3) is 0.304. The molecule has 3 aromatic rings. The van der Waals surface area contributed by atoms with Crippen LogP contribution in [0.5, 0.6) is 17.2 Å². The van der Waals surface area contributed by atoms with Crippen LogP contribution in [0.15, 0.2) is 53.5 Å². The van der Waals surface area contributed by atoms with Crippen molar-refractivity contribution in [2.45, 2.75) is 20.4 Å². The van der Waals surface area contributed by atoms with E-state index >= 15 is 0 Å². The number of fused-ring (bicyclic) bond motifs is 1. The summed E-state index contributed by atoms with van der Waals surface area (Å²) in [5, 5.41) is 11.2. The molecule has 0 fully saturated rings. The minimum absolute atomic E-state index is 0. The van der Waals surface area contributed by atoms with Crippen molar-refractivity contribution in [1.82, 2.24) is 20.4 Å². The van der Waals surface area contributed by atoms with Crippen LogP contribution < -0.4 is 24.8 Å². The highest BCUT2D eigenvalue weighted by Crippen LogP contribution is 2.34. The Kier molecular flexibility index (Phi) is 8.20. The average molecular weight is 549 g/mol. The molecular weight excluding hydrogens is 521 g/mol. The van der Waals surface area contributed by atoms with Gasteiger partial charge in [0.25, 0.3) is 0 Å². The molecule has 1 aliphatic heterocycles. The van der Waals surface area contributed by atoms with Gasteiger partial charge in [-0.25, -0.2) is 4.68 Å². The minimum Gasteiger partial charge on any atom is -0.492 e. The minimum atomic E-state index is 0. The number of nitrogens with zero attached hydrogens (tertiary/aromatic N) is 3. The molecule has 32 heavy (non-hydrogen) atoms. The van der Waals surface area contributed by atoms with E-state index in [1.165, 1.54) is 0 Å². The zero-order valence-corrected chi connectivity index (χ0v) is 20.8. The number of ether oxygens (including phenoxy) is 3. The monoisotopic (exact) mass is 549 g/mol. The van der Waals surface area contributed by atoms with E-state index in [0.717, 1.165) is 34.1 Å². The lowest BCUT2D eigenvalue weighted by molar-refractivity contribution is 0.173. The molecule has 0 aliphatic carbocycles. The van der Waals surface area contributed by atoms with E-state index in [2.05, 4.69) is 45.8 Å². The maximum Gasteiger partial charge on any atom is 0.231 e. The van der Waals surface area contributed by atoms with E-state index in [4.69, 9.17) is 14.2 Å². The summed E-state index contributed by atoms with van der Waals surface area (Å²) in [7, 11) is 1.75. The van der Waals surface area contributed by atoms with Gasteiger partial charge in [0, 0.05) is 25.4 Å². The highest BCUT2D eigenvalue weighted by atomic mass is 127. The number of aliphatic imine (C=N–C) groups is 1. The quantitative estimate of drug-likeness (QED) is 0.203. The second-order valence-electron chi connectivity index (χ2n) is 7.18. The highest BCUT2D eigenvalue weighted by molar-refractivity contribution is 14.0. The van der Waals surface area contributed by atoms with E-state index in [1.54, 1.807) is 7.05 Å². The summed E-state index contributed by atoms with van der Waals surface area (Å²) in [6.45, 7) is 6.03. The summed E-state index contributed by atoms with van der Waals surface area (Å²) in [6, 6.07) is 15.9. The molecule has 0 radical (unpaired) electrons. The molecule has 0 spiro atoms. The molecule has 0 amide bonds. The van der Waals surface area contributed by atoms with Gasteiger partial charge in [0.15, 0.2) is 17.5 Å². The van der Waals surface area contributed by atoms with Gasteiger partial charge in [0.05, 0.1) is 17.9 Å². The van der Waals surface area contributed by atoms with Gasteiger partial charge < -0.3 is 24.8 Å². The summed E-state index contributed by atoms with van der Waals surface area (Å²) >= 11 is 0. The second-order valence-corrected chi connectivity index (χ2v) is 7.18. The summed E-state index contributed by atoms with van der Waals surface area (Å²) < 4.78 is 18.4. The number of halogens is 1. The van der Waals surface area contributed by atoms with E-state index < -0.39 is 0 Å². The van der Waals surface area contributed by atoms with Gasteiger partial charge in [-0.2, -0.15) is 5.10 Å². The fourth-order valence-corrected chi connectivity index (χ4v) is 3.44. The summed E-state index contributed by atoms with van der Waals surface area (Å²) in [4.78, 5) is 4.30. The van der Waals surface area contributed by atoms with Crippen LogP contribution in [0.25, 0.3) is 5.69 Å². The number of hydrogen-bond acceptors (Lipinski definition) is 5. The summed E-state index contributed by atoms with van der Waals surface area (Å²) in [6.07, 6.45) is 0. The third-order valence-electron chi connectivity index (χ3n) is 4.91. The average Bonchev–Trinajstić information content (AvgIpc) is 3.38. The molecule has 0 atom stereocenters. The van der Waals surface area contributed by atoms with Crippen molar-refractivity contribution in [3.63, 3.8) is 0 Å². The molecule has 4 rings (SSSR count). The third-order valence-corrected chi connectivity index (χ3v) is 4.91. The number of guanidine groups is 1. The van der Waals surface area contributed by atoms with E-state index in [9.17, 15) is 0 Å². The van der Waals surface area contributed by atoms with Gasteiger partial charge in [0.1, 0.15) is 12.4 Å². The molecule has 2 heterocycles. The van der Waals surface area contributed by atoms with Crippen LogP contribution in [-0.4, -0.2) is 42.7 Å². The van der Waals surface area contributed by atoms with Crippen molar-refractivity contribution in [2.75, 3.05) is 27.0 Å². The van der Waals surface area contributed by atoms with E-state index in [0.29, 0.717) is 31.4 Å². The standard InChI is InChI=1S/C23H27N5O3.HI/c1-16-12-17(2)28(27-16)20-7-5-4-6-18(20)14-26-23(24-3)25-10-11-29-19-8-9-21-22(13-19)31-15-30-21;/h4-9,12-13H,10-11,14-15H2,1-3H3,(H2,24,25,26);1H. The molecule has 0 unspecified atom stereocenters. The Morgan fingerprint density at radius 3 is 2.69 bits per heavy atom. The highest BCUT2D eigenvalue weighted by Gasteiger charge is 2.13. The molecule has 0 bridgehead atoms. The molecule has 8 nitrogen and oxygen atoms in total. The first-order valence-corrected chi connectivity index (χ1v) is 10.2. The first-order chi connectivity index (χ1) is 15.1. The van der Waals surface area contributed by atoms with Crippen LogP contribution in [0.2, 0.25) is 0 Å². The van der Waals surface area contributed by atoms with Gasteiger partial charge in [-0.05, 0) is 43.7 Å². The van der Waals surface area contributed by atoms with Gasteiger partial charge in [-0.1, -0.05) is 18.2 Å². The molecule has 1 aliphatic rings. The third kappa shape index (κ3) is 5.64.